The van der Waals surface area contributed by atoms with E-state index in [2.05, 4.69) is 41.9 Å². The number of amides is 1. The summed E-state index contributed by atoms with van der Waals surface area (Å²) in [7, 11) is 0. The smallest absolute Gasteiger partial charge is 0.255 e. The average molecular weight is 358 g/mol. The third kappa shape index (κ3) is 3.04. The van der Waals surface area contributed by atoms with E-state index in [9.17, 15) is 4.79 Å². The molecule has 0 aliphatic carbocycles. The van der Waals surface area contributed by atoms with E-state index in [4.69, 9.17) is 0 Å². The van der Waals surface area contributed by atoms with Gasteiger partial charge in [-0.2, -0.15) is 5.21 Å². The molecule has 110 valence electrons. The minimum atomic E-state index is -0.192. The second kappa shape index (κ2) is 6.07. The molecule has 0 unspecified atom stereocenters. The van der Waals surface area contributed by atoms with Crippen molar-refractivity contribution in [3.63, 3.8) is 0 Å². The zero-order chi connectivity index (χ0) is 15.5. The molecule has 22 heavy (non-hydrogen) atoms. The summed E-state index contributed by atoms with van der Waals surface area (Å²) in [5.41, 5.74) is 3.00. The Balaban J connectivity index is 1.93. The van der Waals surface area contributed by atoms with Crippen LogP contribution in [0.4, 0.5) is 5.69 Å². The molecular weight excluding hydrogens is 346 g/mol. The number of tetrazole rings is 1. The van der Waals surface area contributed by atoms with Crippen molar-refractivity contribution in [3.05, 3.63) is 58.1 Å². The summed E-state index contributed by atoms with van der Waals surface area (Å²) in [4.78, 5) is 12.4. The standard InChI is InChI=1S/C15H12BrN5O/c1-9-2-4-10(5-3-9)15(22)17-13-8-11(16)6-7-12(13)14-18-20-21-19-14/h2-8H,1H3,(H,17,22)(H,18,19,20,21). The van der Waals surface area contributed by atoms with Crippen molar-refractivity contribution >= 4 is 27.5 Å². The number of nitrogens with one attached hydrogen (secondary N) is 2. The third-order valence-corrected chi connectivity index (χ3v) is 3.62. The van der Waals surface area contributed by atoms with Gasteiger partial charge in [0.15, 0.2) is 0 Å². The summed E-state index contributed by atoms with van der Waals surface area (Å²) in [6, 6.07) is 12.9. The number of aromatic nitrogens is 4. The number of anilines is 1. The SMILES string of the molecule is Cc1ccc(C(=O)Nc2cc(Br)ccc2-c2nn[nH]n2)cc1. The quantitative estimate of drug-likeness (QED) is 0.753. The Morgan fingerprint density at radius 1 is 1.18 bits per heavy atom. The lowest BCUT2D eigenvalue weighted by Crippen LogP contribution is -2.12. The molecule has 0 aliphatic rings. The lowest BCUT2D eigenvalue weighted by molar-refractivity contribution is 0.102. The maximum Gasteiger partial charge on any atom is 0.255 e. The second-order valence-electron chi connectivity index (χ2n) is 4.75. The van der Waals surface area contributed by atoms with E-state index in [1.165, 1.54) is 0 Å². The van der Waals surface area contributed by atoms with Gasteiger partial charge in [-0.1, -0.05) is 33.6 Å². The lowest BCUT2D eigenvalue weighted by atomic mass is 10.1. The summed E-state index contributed by atoms with van der Waals surface area (Å²) >= 11 is 3.40. The highest BCUT2D eigenvalue weighted by molar-refractivity contribution is 9.10. The molecule has 0 saturated carbocycles. The van der Waals surface area contributed by atoms with E-state index >= 15 is 0 Å². The molecular formula is C15H12BrN5O. The van der Waals surface area contributed by atoms with Crippen LogP contribution in [0.2, 0.25) is 0 Å². The fraction of sp³-hybridized carbons (Fsp3) is 0.0667. The van der Waals surface area contributed by atoms with Gasteiger partial charge in [-0.25, -0.2) is 0 Å². The van der Waals surface area contributed by atoms with Gasteiger partial charge in [0, 0.05) is 15.6 Å². The predicted octanol–water partition coefficient (Wildman–Crippen LogP) is 3.19. The number of aryl methyl sites for hydroxylation is 1. The highest BCUT2D eigenvalue weighted by Crippen LogP contribution is 2.28. The highest BCUT2D eigenvalue weighted by Gasteiger charge is 2.13. The Kier molecular flexibility index (Phi) is 3.97. The number of carbonyl (C=O) groups is 1. The van der Waals surface area contributed by atoms with Crippen molar-refractivity contribution in [2.24, 2.45) is 0 Å². The molecule has 0 bridgehead atoms. The zero-order valence-electron chi connectivity index (χ0n) is 11.7. The third-order valence-electron chi connectivity index (χ3n) is 3.13. The van der Waals surface area contributed by atoms with Gasteiger partial charge in [-0.05, 0) is 42.5 Å². The van der Waals surface area contributed by atoms with Gasteiger partial charge in [-0.15, -0.1) is 10.2 Å². The molecule has 0 radical (unpaired) electrons. The van der Waals surface area contributed by atoms with E-state index in [1.54, 1.807) is 18.2 Å². The Bertz CT molecular complexity index is 799. The molecule has 3 rings (SSSR count). The van der Waals surface area contributed by atoms with Gasteiger partial charge in [-0.3, -0.25) is 4.79 Å². The summed E-state index contributed by atoms with van der Waals surface area (Å²) in [5.74, 6) is 0.231. The largest absolute Gasteiger partial charge is 0.321 e. The van der Waals surface area contributed by atoms with Crippen LogP contribution < -0.4 is 5.32 Å². The number of carbonyl (C=O) groups excluding carboxylic acids is 1. The van der Waals surface area contributed by atoms with Crippen LogP contribution in [0.3, 0.4) is 0 Å². The van der Waals surface area contributed by atoms with Crippen LogP contribution >= 0.6 is 15.9 Å². The number of hydrogen-bond donors (Lipinski definition) is 2. The van der Waals surface area contributed by atoms with Crippen molar-refractivity contribution in [1.29, 1.82) is 0 Å². The molecule has 1 aromatic heterocycles. The number of hydrogen-bond acceptors (Lipinski definition) is 4. The molecule has 0 saturated heterocycles. The topological polar surface area (TPSA) is 83.6 Å². The predicted molar refractivity (Wildman–Crippen MR) is 86.4 cm³/mol. The second-order valence-corrected chi connectivity index (χ2v) is 5.66. The molecule has 1 heterocycles. The first-order chi connectivity index (χ1) is 10.6. The monoisotopic (exact) mass is 357 g/mol. The Morgan fingerprint density at radius 2 is 1.95 bits per heavy atom. The van der Waals surface area contributed by atoms with Gasteiger partial charge in [0.1, 0.15) is 0 Å². The average Bonchev–Trinajstić information content (AvgIpc) is 3.02. The van der Waals surface area contributed by atoms with E-state index in [0.717, 1.165) is 10.0 Å². The molecule has 3 aromatic rings. The zero-order valence-corrected chi connectivity index (χ0v) is 13.3. The molecule has 0 aliphatic heterocycles. The molecule has 0 atom stereocenters. The van der Waals surface area contributed by atoms with E-state index in [1.807, 2.05) is 31.2 Å². The van der Waals surface area contributed by atoms with Crippen molar-refractivity contribution in [2.75, 3.05) is 5.32 Å². The fourth-order valence-corrected chi connectivity index (χ4v) is 2.35. The van der Waals surface area contributed by atoms with Crippen molar-refractivity contribution in [1.82, 2.24) is 20.6 Å². The molecule has 0 fully saturated rings. The molecule has 2 N–H and O–H groups in total. The first-order valence-corrected chi connectivity index (χ1v) is 7.34. The number of halogens is 1. The Labute approximate surface area is 135 Å². The molecule has 0 spiro atoms. The van der Waals surface area contributed by atoms with Crippen LogP contribution in [0, 0.1) is 6.92 Å². The molecule has 2 aromatic carbocycles. The van der Waals surface area contributed by atoms with E-state index in [0.29, 0.717) is 22.6 Å². The lowest BCUT2D eigenvalue weighted by Gasteiger charge is -2.09. The van der Waals surface area contributed by atoms with Crippen LogP contribution in [0.25, 0.3) is 11.4 Å². The van der Waals surface area contributed by atoms with Crippen LogP contribution in [-0.4, -0.2) is 26.5 Å². The first-order valence-electron chi connectivity index (χ1n) is 6.55. The minimum absolute atomic E-state index is 0.192. The number of benzene rings is 2. The van der Waals surface area contributed by atoms with Gasteiger partial charge < -0.3 is 5.32 Å². The summed E-state index contributed by atoms with van der Waals surface area (Å²) in [6.45, 7) is 1.98. The van der Waals surface area contributed by atoms with Crippen LogP contribution in [0.15, 0.2) is 46.9 Å². The summed E-state index contributed by atoms with van der Waals surface area (Å²) in [6.07, 6.45) is 0. The highest BCUT2D eigenvalue weighted by atomic mass is 79.9. The number of rotatable bonds is 3. The molecule has 1 amide bonds. The number of aromatic amines is 1. The molecule has 7 heteroatoms. The van der Waals surface area contributed by atoms with Crippen molar-refractivity contribution in [2.45, 2.75) is 6.92 Å². The van der Waals surface area contributed by atoms with Gasteiger partial charge in [0.25, 0.3) is 5.91 Å². The maximum atomic E-state index is 12.4. The first kappa shape index (κ1) is 14.4. The number of H-pyrrole nitrogens is 1. The Morgan fingerprint density at radius 3 is 2.64 bits per heavy atom. The van der Waals surface area contributed by atoms with Gasteiger partial charge >= 0.3 is 0 Å². The molecule has 6 nitrogen and oxygen atoms in total. The van der Waals surface area contributed by atoms with Gasteiger partial charge in [0.05, 0.1) is 5.69 Å². The van der Waals surface area contributed by atoms with Crippen molar-refractivity contribution < 1.29 is 4.79 Å². The summed E-state index contributed by atoms with van der Waals surface area (Å²) < 4.78 is 0.846. The Hall–Kier alpha value is -2.54. The fourth-order valence-electron chi connectivity index (χ4n) is 1.99. The van der Waals surface area contributed by atoms with Crippen LogP contribution in [0.5, 0.6) is 0 Å². The van der Waals surface area contributed by atoms with Crippen molar-refractivity contribution in [3.8, 4) is 11.4 Å². The van der Waals surface area contributed by atoms with Crippen LogP contribution in [0.1, 0.15) is 15.9 Å². The van der Waals surface area contributed by atoms with Gasteiger partial charge in [0.2, 0.25) is 5.82 Å². The number of nitrogens with zero attached hydrogens (tertiary/aromatic N) is 3. The van der Waals surface area contributed by atoms with E-state index in [-0.39, 0.29) is 5.91 Å². The summed E-state index contributed by atoms with van der Waals surface area (Å²) in [5, 5.41) is 16.7. The minimum Gasteiger partial charge on any atom is -0.321 e. The normalized spacial score (nSPS) is 10.5. The van der Waals surface area contributed by atoms with E-state index < -0.39 is 0 Å². The maximum absolute atomic E-state index is 12.4. The van der Waals surface area contributed by atoms with Crippen LogP contribution in [-0.2, 0) is 0 Å².